The van der Waals surface area contributed by atoms with Crippen molar-refractivity contribution in [2.75, 3.05) is 13.1 Å². The van der Waals surface area contributed by atoms with Crippen LogP contribution in [0, 0.1) is 0 Å². The Balaban J connectivity index is 2.32. The van der Waals surface area contributed by atoms with Gasteiger partial charge >= 0.3 is 0 Å². The van der Waals surface area contributed by atoms with Gasteiger partial charge in [0.15, 0.2) is 0 Å². The largest absolute Gasteiger partial charge is 0.359 e. The molecule has 0 saturated heterocycles. The van der Waals surface area contributed by atoms with Crippen molar-refractivity contribution in [3.05, 3.63) is 35.4 Å². The van der Waals surface area contributed by atoms with Crippen LogP contribution in [0.2, 0.25) is 0 Å². The molecule has 1 rings (SSSR count). The van der Waals surface area contributed by atoms with Crippen molar-refractivity contribution in [3.63, 3.8) is 0 Å². The van der Waals surface area contributed by atoms with E-state index in [2.05, 4.69) is 0 Å². The fraction of sp³-hybridized carbons (Fsp3) is 0.571. The number of hydrogen-bond acceptors (Lipinski definition) is 6. The topological polar surface area (TPSA) is 123 Å². The predicted octanol–water partition coefficient (Wildman–Crippen LogP) is -0.0130. The summed E-state index contributed by atoms with van der Waals surface area (Å²) in [6, 6.07) is 7.95. The molecule has 0 spiro atoms. The maximum Gasteiger partial charge on any atom is 0.107 e. The summed E-state index contributed by atoms with van der Waals surface area (Å²) in [7, 11) is 0. The van der Waals surface area contributed by atoms with Crippen LogP contribution in [0.4, 0.5) is 0 Å². The highest BCUT2D eigenvalue weighted by molar-refractivity contribution is 5.21. The molecule has 2 atom stereocenters. The zero-order chi connectivity index (χ0) is 14.8. The van der Waals surface area contributed by atoms with Crippen LogP contribution < -0.4 is 22.9 Å². The Labute approximate surface area is 120 Å². The Bertz CT molecular complexity index is 324. The SMILES string of the molecule is NCCC(N)OCc1ccc(COC(N)CCN)cc1. The minimum atomic E-state index is -0.308. The molecule has 0 radical (unpaired) electrons. The van der Waals surface area contributed by atoms with Gasteiger partial charge in [0, 0.05) is 0 Å². The lowest BCUT2D eigenvalue weighted by atomic mass is 10.1. The van der Waals surface area contributed by atoms with E-state index in [0.29, 0.717) is 39.1 Å². The third-order valence-electron chi connectivity index (χ3n) is 2.85. The third kappa shape index (κ3) is 6.95. The number of nitrogens with two attached hydrogens (primary N) is 4. The molecule has 0 fully saturated rings. The maximum atomic E-state index is 5.73. The second kappa shape index (κ2) is 9.82. The summed E-state index contributed by atoms with van der Waals surface area (Å²) in [6.07, 6.45) is 0.699. The molecule has 0 aliphatic carbocycles. The number of rotatable bonds is 10. The number of benzene rings is 1. The Morgan fingerprint density at radius 1 is 0.750 bits per heavy atom. The van der Waals surface area contributed by atoms with E-state index in [1.807, 2.05) is 24.3 Å². The molecular formula is C14H26N4O2. The fourth-order valence-electron chi connectivity index (χ4n) is 1.63. The Morgan fingerprint density at radius 2 is 1.10 bits per heavy atom. The van der Waals surface area contributed by atoms with Gasteiger partial charge in [-0.2, -0.15) is 0 Å². The van der Waals surface area contributed by atoms with Crippen molar-refractivity contribution < 1.29 is 9.47 Å². The molecule has 20 heavy (non-hydrogen) atoms. The average molecular weight is 282 g/mol. The van der Waals surface area contributed by atoms with Crippen LogP contribution in [0.5, 0.6) is 0 Å². The normalized spacial score (nSPS) is 14.2. The second-order valence-corrected chi connectivity index (χ2v) is 4.67. The predicted molar refractivity (Wildman–Crippen MR) is 79.3 cm³/mol. The minimum absolute atomic E-state index is 0.308. The standard InChI is InChI=1S/C14H26N4O2/c15-7-5-13(17)19-9-11-1-2-12(4-3-11)10-20-14(18)6-8-16/h1-4,13-14H,5-10,15-18H2. The van der Waals surface area contributed by atoms with Crippen LogP contribution in [-0.2, 0) is 22.7 Å². The smallest absolute Gasteiger partial charge is 0.107 e. The third-order valence-corrected chi connectivity index (χ3v) is 2.85. The highest BCUT2D eigenvalue weighted by Gasteiger charge is 2.03. The summed E-state index contributed by atoms with van der Waals surface area (Å²) < 4.78 is 10.9. The molecule has 114 valence electrons. The lowest BCUT2D eigenvalue weighted by molar-refractivity contribution is 0.0394. The first kappa shape index (κ1) is 17.0. The van der Waals surface area contributed by atoms with E-state index in [-0.39, 0.29) is 12.5 Å². The molecule has 0 amide bonds. The van der Waals surface area contributed by atoms with E-state index < -0.39 is 0 Å². The molecule has 8 N–H and O–H groups in total. The quantitative estimate of drug-likeness (QED) is 0.448. The monoisotopic (exact) mass is 282 g/mol. The second-order valence-electron chi connectivity index (χ2n) is 4.67. The molecule has 6 heteroatoms. The van der Waals surface area contributed by atoms with Crippen LogP contribution in [0.3, 0.4) is 0 Å². The molecule has 6 nitrogen and oxygen atoms in total. The molecule has 0 aliphatic heterocycles. The van der Waals surface area contributed by atoms with Gasteiger partial charge in [-0.15, -0.1) is 0 Å². The Hall–Kier alpha value is -1.02. The van der Waals surface area contributed by atoms with Crippen molar-refractivity contribution in [3.8, 4) is 0 Å². The van der Waals surface area contributed by atoms with E-state index in [1.54, 1.807) is 0 Å². The van der Waals surface area contributed by atoms with E-state index in [0.717, 1.165) is 11.1 Å². The molecule has 0 saturated carbocycles. The first-order valence-corrected chi connectivity index (χ1v) is 6.88. The lowest BCUT2D eigenvalue weighted by Gasteiger charge is -2.13. The minimum Gasteiger partial charge on any atom is -0.359 e. The van der Waals surface area contributed by atoms with Crippen LogP contribution in [0.1, 0.15) is 24.0 Å². The molecular weight excluding hydrogens is 256 g/mol. The van der Waals surface area contributed by atoms with Crippen LogP contribution in [-0.4, -0.2) is 25.5 Å². The van der Waals surface area contributed by atoms with E-state index in [4.69, 9.17) is 32.4 Å². The summed E-state index contributed by atoms with van der Waals surface area (Å²) in [4.78, 5) is 0. The van der Waals surface area contributed by atoms with Gasteiger partial charge in [-0.05, 0) is 37.1 Å². The summed E-state index contributed by atoms with van der Waals surface area (Å²) in [6.45, 7) is 2.02. The number of hydrogen-bond donors (Lipinski definition) is 4. The van der Waals surface area contributed by atoms with Gasteiger partial charge in [0.1, 0.15) is 12.5 Å². The van der Waals surface area contributed by atoms with Gasteiger partial charge in [0.25, 0.3) is 0 Å². The van der Waals surface area contributed by atoms with E-state index >= 15 is 0 Å². The van der Waals surface area contributed by atoms with Gasteiger partial charge in [-0.3, -0.25) is 0 Å². The summed E-state index contributed by atoms with van der Waals surface area (Å²) in [5.74, 6) is 0. The Morgan fingerprint density at radius 3 is 1.40 bits per heavy atom. The van der Waals surface area contributed by atoms with E-state index in [9.17, 15) is 0 Å². The van der Waals surface area contributed by atoms with Gasteiger partial charge in [0.05, 0.1) is 13.2 Å². The van der Waals surface area contributed by atoms with Gasteiger partial charge in [-0.25, -0.2) is 0 Å². The van der Waals surface area contributed by atoms with Crippen LogP contribution in [0.15, 0.2) is 24.3 Å². The van der Waals surface area contributed by atoms with Crippen molar-refractivity contribution in [2.45, 2.75) is 38.5 Å². The zero-order valence-electron chi connectivity index (χ0n) is 11.8. The number of ether oxygens (including phenoxy) is 2. The van der Waals surface area contributed by atoms with Crippen molar-refractivity contribution in [1.82, 2.24) is 0 Å². The van der Waals surface area contributed by atoms with Crippen molar-refractivity contribution in [1.29, 1.82) is 0 Å². The van der Waals surface area contributed by atoms with Gasteiger partial charge in [-0.1, -0.05) is 24.3 Å². The molecule has 1 aromatic rings. The average Bonchev–Trinajstić information content (AvgIpc) is 2.45. The molecule has 0 aliphatic rings. The molecule has 0 bridgehead atoms. The first-order valence-electron chi connectivity index (χ1n) is 6.88. The highest BCUT2D eigenvalue weighted by Crippen LogP contribution is 2.08. The highest BCUT2D eigenvalue weighted by atomic mass is 16.5. The first-order chi connectivity index (χ1) is 9.65. The fourth-order valence-corrected chi connectivity index (χ4v) is 1.63. The van der Waals surface area contributed by atoms with Crippen molar-refractivity contribution in [2.24, 2.45) is 22.9 Å². The van der Waals surface area contributed by atoms with Gasteiger partial charge in [0.2, 0.25) is 0 Å². The summed E-state index contributed by atoms with van der Waals surface area (Å²) in [5, 5.41) is 0. The maximum absolute atomic E-state index is 5.73. The van der Waals surface area contributed by atoms with Crippen molar-refractivity contribution >= 4 is 0 Å². The van der Waals surface area contributed by atoms with Crippen LogP contribution in [0.25, 0.3) is 0 Å². The summed E-state index contributed by atoms with van der Waals surface area (Å²) >= 11 is 0. The van der Waals surface area contributed by atoms with Crippen LogP contribution >= 0.6 is 0 Å². The molecule has 1 aromatic carbocycles. The molecule has 0 heterocycles. The zero-order valence-corrected chi connectivity index (χ0v) is 11.8. The Kier molecular flexibility index (Phi) is 8.36. The van der Waals surface area contributed by atoms with Gasteiger partial charge < -0.3 is 32.4 Å². The van der Waals surface area contributed by atoms with E-state index in [1.165, 1.54) is 0 Å². The summed E-state index contributed by atoms with van der Waals surface area (Å²) in [5.41, 5.74) is 24.4. The lowest BCUT2D eigenvalue weighted by Crippen LogP contribution is -2.26. The molecule has 0 aromatic heterocycles. The molecule has 2 unspecified atom stereocenters.